The number of ether oxygens (including phenoxy) is 1. The van der Waals surface area contributed by atoms with E-state index in [0.717, 1.165) is 0 Å². The maximum Gasteiger partial charge on any atom is 0.293 e. The Labute approximate surface area is 68.2 Å². The Bertz CT molecular complexity index is 128. The Hall–Kier alpha value is -0.790. The summed E-state index contributed by atoms with van der Waals surface area (Å²) in [7, 11) is 0. The van der Waals surface area contributed by atoms with Crippen LogP contribution in [0, 0.1) is 0 Å². The first-order valence-corrected chi connectivity index (χ1v) is 4.02. The van der Waals surface area contributed by atoms with Crippen LogP contribution in [0.5, 0.6) is 0 Å². The third kappa shape index (κ3) is 7.10. The van der Waals surface area contributed by atoms with Gasteiger partial charge in [0.15, 0.2) is 0 Å². The molecule has 1 rings (SSSR count). The summed E-state index contributed by atoms with van der Waals surface area (Å²) in [5.41, 5.74) is 1.58. The van der Waals surface area contributed by atoms with Gasteiger partial charge >= 0.3 is 0 Å². The smallest absolute Gasteiger partial charge is 0.293 e. The van der Waals surface area contributed by atoms with E-state index in [0.29, 0.717) is 13.1 Å². The molecule has 0 spiro atoms. The zero-order valence-corrected chi connectivity index (χ0v) is 7.30. The fraction of sp³-hybridized carbons (Fsp3) is 0.667. The van der Waals surface area contributed by atoms with Crippen molar-refractivity contribution in [1.82, 2.24) is 0 Å². The highest BCUT2D eigenvalue weighted by atomic mass is 16.5. The Morgan fingerprint density at radius 1 is 1.73 bits per heavy atom. The van der Waals surface area contributed by atoms with Gasteiger partial charge in [-0.25, -0.2) is 0 Å². The van der Waals surface area contributed by atoms with E-state index >= 15 is 0 Å². The standard InChI is InChI=1S/C6H10.C3H6O2/c1-6-4-2-3-5-6;1-2-5-3-4/h4H,2-3,5H2,1H3;3H,2H2,1H3. The molecule has 0 aliphatic heterocycles. The van der Waals surface area contributed by atoms with Crippen molar-refractivity contribution < 1.29 is 9.53 Å². The average molecular weight is 156 g/mol. The first kappa shape index (κ1) is 10.2. The minimum Gasteiger partial charge on any atom is -0.468 e. The summed E-state index contributed by atoms with van der Waals surface area (Å²) in [6.45, 7) is 4.87. The van der Waals surface area contributed by atoms with E-state index in [1.54, 1.807) is 12.5 Å². The summed E-state index contributed by atoms with van der Waals surface area (Å²) in [5, 5.41) is 0. The minimum atomic E-state index is 0.431. The molecule has 0 unspecified atom stereocenters. The summed E-state index contributed by atoms with van der Waals surface area (Å²) >= 11 is 0. The van der Waals surface area contributed by atoms with Crippen LogP contribution in [0.15, 0.2) is 11.6 Å². The van der Waals surface area contributed by atoms with Gasteiger partial charge in [-0.05, 0) is 33.1 Å². The van der Waals surface area contributed by atoms with Crippen molar-refractivity contribution in [3.8, 4) is 0 Å². The number of carbonyl (C=O) groups excluding carboxylic acids is 1. The highest BCUT2D eigenvalue weighted by Crippen LogP contribution is 2.15. The first-order valence-electron chi connectivity index (χ1n) is 4.02. The molecular weight excluding hydrogens is 140 g/mol. The Kier molecular flexibility index (Phi) is 6.79. The van der Waals surface area contributed by atoms with Crippen molar-refractivity contribution in [1.29, 1.82) is 0 Å². The van der Waals surface area contributed by atoms with Crippen molar-refractivity contribution in [2.45, 2.75) is 33.1 Å². The van der Waals surface area contributed by atoms with Crippen molar-refractivity contribution in [2.75, 3.05) is 6.61 Å². The summed E-state index contributed by atoms with van der Waals surface area (Å²) in [5.74, 6) is 0. The second-order valence-corrected chi connectivity index (χ2v) is 2.49. The molecule has 0 fully saturated rings. The zero-order chi connectivity index (χ0) is 8.53. The van der Waals surface area contributed by atoms with Crippen LogP contribution < -0.4 is 0 Å². The number of carbonyl (C=O) groups is 1. The molecule has 0 N–H and O–H groups in total. The molecule has 64 valence electrons. The van der Waals surface area contributed by atoms with Gasteiger partial charge in [-0.2, -0.15) is 0 Å². The molecule has 1 aliphatic rings. The highest BCUT2D eigenvalue weighted by molar-refractivity contribution is 5.36. The number of allylic oxidation sites excluding steroid dienone is 2. The van der Waals surface area contributed by atoms with Crippen LogP contribution in [-0.4, -0.2) is 13.1 Å². The second-order valence-electron chi connectivity index (χ2n) is 2.49. The molecule has 11 heavy (non-hydrogen) atoms. The van der Waals surface area contributed by atoms with Crippen molar-refractivity contribution in [2.24, 2.45) is 0 Å². The van der Waals surface area contributed by atoms with Gasteiger partial charge in [0.1, 0.15) is 0 Å². The van der Waals surface area contributed by atoms with Crippen LogP contribution in [0.25, 0.3) is 0 Å². The number of rotatable bonds is 2. The van der Waals surface area contributed by atoms with Gasteiger partial charge in [0.05, 0.1) is 6.61 Å². The predicted octanol–water partition coefficient (Wildman–Crippen LogP) is 2.30. The number of hydrogen-bond acceptors (Lipinski definition) is 2. The van der Waals surface area contributed by atoms with Crippen LogP contribution >= 0.6 is 0 Å². The highest BCUT2D eigenvalue weighted by Gasteiger charge is 1.94. The number of hydrogen-bond donors (Lipinski definition) is 0. The molecule has 1 aliphatic carbocycles. The summed E-state index contributed by atoms with van der Waals surface area (Å²) < 4.78 is 4.15. The Morgan fingerprint density at radius 3 is 2.55 bits per heavy atom. The molecular formula is C9H16O2. The topological polar surface area (TPSA) is 26.3 Å². The second kappa shape index (κ2) is 7.32. The normalized spacial score (nSPS) is 14.5. The monoisotopic (exact) mass is 156 g/mol. The predicted molar refractivity (Wildman–Crippen MR) is 45.3 cm³/mol. The van der Waals surface area contributed by atoms with E-state index in [2.05, 4.69) is 17.7 Å². The van der Waals surface area contributed by atoms with Gasteiger partial charge in [-0.1, -0.05) is 11.6 Å². The Balaban J connectivity index is 0.000000187. The van der Waals surface area contributed by atoms with E-state index in [1.165, 1.54) is 19.3 Å². The van der Waals surface area contributed by atoms with E-state index in [4.69, 9.17) is 0 Å². The van der Waals surface area contributed by atoms with Crippen LogP contribution in [-0.2, 0) is 9.53 Å². The van der Waals surface area contributed by atoms with E-state index in [-0.39, 0.29) is 0 Å². The molecule has 0 aromatic rings. The Morgan fingerprint density at radius 2 is 2.45 bits per heavy atom. The summed E-state index contributed by atoms with van der Waals surface area (Å²) in [6, 6.07) is 0. The van der Waals surface area contributed by atoms with Gasteiger partial charge in [0, 0.05) is 0 Å². The minimum absolute atomic E-state index is 0.431. The lowest BCUT2D eigenvalue weighted by Gasteiger charge is -1.79. The van der Waals surface area contributed by atoms with Crippen LogP contribution in [0.1, 0.15) is 33.1 Å². The third-order valence-electron chi connectivity index (χ3n) is 1.50. The lowest BCUT2D eigenvalue weighted by Crippen LogP contribution is -1.80. The van der Waals surface area contributed by atoms with Crippen molar-refractivity contribution in [3.63, 3.8) is 0 Å². The molecule has 0 bridgehead atoms. The molecule has 0 amide bonds. The summed E-state index contributed by atoms with van der Waals surface area (Å²) in [6.07, 6.45) is 6.39. The SMILES string of the molecule is CC1=CCCC1.CCOC=O. The van der Waals surface area contributed by atoms with E-state index in [9.17, 15) is 4.79 Å². The zero-order valence-electron chi connectivity index (χ0n) is 7.30. The van der Waals surface area contributed by atoms with Crippen LogP contribution in [0.2, 0.25) is 0 Å². The lowest BCUT2D eigenvalue weighted by atomic mass is 10.3. The fourth-order valence-corrected chi connectivity index (χ4v) is 0.899. The van der Waals surface area contributed by atoms with Gasteiger partial charge in [0.25, 0.3) is 6.47 Å². The summed E-state index contributed by atoms with van der Waals surface area (Å²) in [4.78, 5) is 9.18. The molecule has 2 heteroatoms. The molecule has 0 atom stereocenters. The molecule has 0 aromatic carbocycles. The quantitative estimate of drug-likeness (QED) is 0.453. The maximum absolute atomic E-state index is 9.18. The van der Waals surface area contributed by atoms with Crippen molar-refractivity contribution in [3.05, 3.63) is 11.6 Å². The largest absolute Gasteiger partial charge is 0.468 e. The molecule has 2 nitrogen and oxygen atoms in total. The van der Waals surface area contributed by atoms with E-state index in [1.807, 2.05) is 0 Å². The van der Waals surface area contributed by atoms with Gasteiger partial charge in [0.2, 0.25) is 0 Å². The molecule has 0 heterocycles. The molecule has 0 aromatic heterocycles. The maximum atomic E-state index is 9.18. The third-order valence-corrected chi connectivity index (χ3v) is 1.50. The van der Waals surface area contributed by atoms with Crippen LogP contribution in [0.4, 0.5) is 0 Å². The van der Waals surface area contributed by atoms with Crippen molar-refractivity contribution >= 4 is 6.47 Å². The molecule has 0 saturated heterocycles. The van der Waals surface area contributed by atoms with Gasteiger partial charge < -0.3 is 4.74 Å². The van der Waals surface area contributed by atoms with E-state index < -0.39 is 0 Å². The lowest BCUT2D eigenvalue weighted by molar-refractivity contribution is -0.128. The van der Waals surface area contributed by atoms with Crippen LogP contribution in [0.3, 0.4) is 0 Å². The van der Waals surface area contributed by atoms with Gasteiger partial charge in [-0.3, -0.25) is 4.79 Å². The average Bonchev–Trinajstić information content (AvgIpc) is 2.43. The fourth-order valence-electron chi connectivity index (χ4n) is 0.899. The molecule has 0 radical (unpaired) electrons. The van der Waals surface area contributed by atoms with Gasteiger partial charge in [-0.15, -0.1) is 0 Å². The molecule has 0 saturated carbocycles. The first-order chi connectivity index (χ1) is 5.31.